The fourth-order valence-corrected chi connectivity index (χ4v) is 3.01. The van der Waals surface area contributed by atoms with Crippen LogP contribution in [0.5, 0.6) is 0 Å². The molecule has 2 aliphatic carbocycles. The van der Waals surface area contributed by atoms with Crippen molar-refractivity contribution in [2.45, 2.75) is 65.0 Å². The first-order chi connectivity index (χ1) is 8.74. The van der Waals surface area contributed by atoms with Crippen molar-refractivity contribution in [3.05, 3.63) is 17.2 Å². The highest BCUT2D eigenvalue weighted by Gasteiger charge is 2.22. The molecule has 0 aromatic carbocycles. The Hall–Kier alpha value is -0.830. The van der Waals surface area contributed by atoms with Crippen LogP contribution in [0, 0.1) is 12.8 Å². The van der Waals surface area contributed by atoms with E-state index in [4.69, 9.17) is 4.98 Å². The summed E-state index contributed by atoms with van der Waals surface area (Å²) in [5, 5.41) is 3.63. The highest BCUT2D eigenvalue weighted by molar-refractivity contribution is 5.19. The van der Waals surface area contributed by atoms with Gasteiger partial charge >= 0.3 is 0 Å². The molecule has 18 heavy (non-hydrogen) atoms. The molecule has 0 aliphatic heterocycles. The minimum atomic E-state index is 0.699. The summed E-state index contributed by atoms with van der Waals surface area (Å²) in [5.74, 6) is 1.92. The highest BCUT2D eigenvalue weighted by atomic mass is 15.1. The molecule has 3 heteroatoms. The molecular formula is C15H25N3. The zero-order chi connectivity index (χ0) is 12.5. The molecule has 1 unspecified atom stereocenters. The molecule has 3 nitrogen and oxygen atoms in total. The molecule has 1 aromatic heterocycles. The molecule has 1 saturated carbocycles. The topological polar surface area (TPSA) is 29.9 Å². The van der Waals surface area contributed by atoms with E-state index >= 15 is 0 Å². The molecule has 1 heterocycles. The van der Waals surface area contributed by atoms with Crippen LogP contribution in [0.4, 0.5) is 0 Å². The summed E-state index contributed by atoms with van der Waals surface area (Å²) in [6, 6.07) is 0.824. The van der Waals surface area contributed by atoms with Gasteiger partial charge < -0.3 is 9.88 Å². The van der Waals surface area contributed by atoms with Crippen LogP contribution in [-0.4, -0.2) is 22.1 Å². The first-order valence-corrected chi connectivity index (χ1v) is 7.52. The van der Waals surface area contributed by atoms with Crippen molar-refractivity contribution >= 4 is 0 Å². The standard InChI is InChI=1S/C15H25N3/c1-11(9-16-13-7-8-13)10-18-12(2)17-14-5-3-4-6-15(14)18/h11,13,16H,3-10H2,1-2H3. The third kappa shape index (κ3) is 2.61. The predicted molar refractivity (Wildman–Crippen MR) is 73.8 cm³/mol. The van der Waals surface area contributed by atoms with Crippen LogP contribution in [0.15, 0.2) is 0 Å². The molecule has 0 amide bonds. The van der Waals surface area contributed by atoms with Gasteiger partial charge in [0.1, 0.15) is 5.82 Å². The van der Waals surface area contributed by atoms with Gasteiger partial charge in [-0.3, -0.25) is 0 Å². The van der Waals surface area contributed by atoms with Crippen molar-refractivity contribution in [1.29, 1.82) is 0 Å². The summed E-state index contributed by atoms with van der Waals surface area (Å²) in [4.78, 5) is 4.75. The fraction of sp³-hybridized carbons (Fsp3) is 0.800. The molecule has 1 N–H and O–H groups in total. The Morgan fingerprint density at radius 1 is 1.33 bits per heavy atom. The SMILES string of the molecule is Cc1nc2c(n1CC(C)CNC1CC1)CCCC2. The predicted octanol–water partition coefficient (Wildman–Crippen LogP) is 2.46. The smallest absolute Gasteiger partial charge is 0.106 e. The van der Waals surface area contributed by atoms with Crippen molar-refractivity contribution in [3.63, 3.8) is 0 Å². The summed E-state index contributed by atoms with van der Waals surface area (Å²) >= 11 is 0. The lowest BCUT2D eigenvalue weighted by Crippen LogP contribution is -2.26. The Morgan fingerprint density at radius 3 is 2.89 bits per heavy atom. The van der Waals surface area contributed by atoms with E-state index in [1.54, 1.807) is 0 Å². The maximum atomic E-state index is 4.75. The Bertz CT molecular complexity index is 418. The number of nitrogens with one attached hydrogen (secondary N) is 1. The fourth-order valence-electron chi connectivity index (χ4n) is 3.01. The molecule has 3 rings (SSSR count). The zero-order valence-corrected chi connectivity index (χ0v) is 11.7. The second-order valence-corrected chi connectivity index (χ2v) is 6.16. The summed E-state index contributed by atoms with van der Waals surface area (Å²) in [6.45, 7) is 6.80. The van der Waals surface area contributed by atoms with E-state index in [0.29, 0.717) is 5.92 Å². The summed E-state index contributed by atoms with van der Waals surface area (Å²) < 4.78 is 2.48. The van der Waals surface area contributed by atoms with Gasteiger partial charge in [-0.25, -0.2) is 4.98 Å². The number of rotatable bonds is 5. The Morgan fingerprint density at radius 2 is 2.11 bits per heavy atom. The van der Waals surface area contributed by atoms with Gasteiger partial charge in [0.15, 0.2) is 0 Å². The van der Waals surface area contributed by atoms with Gasteiger partial charge in [-0.1, -0.05) is 6.92 Å². The number of imidazole rings is 1. The van der Waals surface area contributed by atoms with Gasteiger partial charge in [-0.15, -0.1) is 0 Å². The zero-order valence-electron chi connectivity index (χ0n) is 11.7. The molecule has 1 fully saturated rings. The molecule has 100 valence electrons. The van der Waals surface area contributed by atoms with Crippen LogP contribution in [0.2, 0.25) is 0 Å². The molecule has 0 bridgehead atoms. The van der Waals surface area contributed by atoms with E-state index in [1.807, 2.05) is 0 Å². The molecular weight excluding hydrogens is 222 g/mol. The van der Waals surface area contributed by atoms with Gasteiger partial charge in [0.25, 0.3) is 0 Å². The van der Waals surface area contributed by atoms with E-state index in [2.05, 4.69) is 23.7 Å². The highest BCUT2D eigenvalue weighted by Crippen LogP contribution is 2.23. The van der Waals surface area contributed by atoms with E-state index < -0.39 is 0 Å². The summed E-state index contributed by atoms with van der Waals surface area (Å²) in [5.41, 5.74) is 2.90. The van der Waals surface area contributed by atoms with Gasteiger partial charge in [-0.05, 0) is 57.9 Å². The normalized spacial score (nSPS) is 20.8. The number of hydrogen-bond acceptors (Lipinski definition) is 2. The van der Waals surface area contributed by atoms with Crippen molar-refractivity contribution in [2.75, 3.05) is 6.54 Å². The minimum Gasteiger partial charge on any atom is -0.332 e. The van der Waals surface area contributed by atoms with Gasteiger partial charge in [0, 0.05) is 18.3 Å². The molecule has 2 aliphatic rings. The van der Waals surface area contributed by atoms with Crippen molar-refractivity contribution < 1.29 is 0 Å². The van der Waals surface area contributed by atoms with E-state index in [9.17, 15) is 0 Å². The van der Waals surface area contributed by atoms with Crippen LogP contribution in [0.3, 0.4) is 0 Å². The summed E-state index contributed by atoms with van der Waals surface area (Å²) in [7, 11) is 0. The van der Waals surface area contributed by atoms with Crippen LogP contribution in [-0.2, 0) is 19.4 Å². The van der Waals surface area contributed by atoms with E-state index in [-0.39, 0.29) is 0 Å². The van der Waals surface area contributed by atoms with Crippen LogP contribution < -0.4 is 5.32 Å². The maximum absolute atomic E-state index is 4.75. The molecule has 0 spiro atoms. The van der Waals surface area contributed by atoms with Crippen LogP contribution in [0.1, 0.15) is 49.8 Å². The van der Waals surface area contributed by atoms with Crippen LogP contribution in [0.25, 0.3) is 0 Å². The lowest BCUT2D eigenvalue weighted by molar-refractivity contribution is 0.429. The molecule has 0 radical (unpaired) electrons. The first kappa shape index (κ1) is 12.2. The number of nitrogens with zero attached hydrogens (tertiary/aromatic N) is 2. The van der Waals surface area contributed by atoms with Gasteiger partial charge in [0.2, 0.25) is 0 Å². The average Bonchev–Trinajstić information content (AvgIpc) is 3.14. The third-order valence-corrected chi connectivity index (χ3v) is 4.25. The number of aromatic nitrogens is 2. The molecule has 0 saturated heterocycles. The Kier molecular flexibility index (Phi) is 3.42. The van der Waals surface area contributed by atoms with Crippen molar-refractivity contribution in [3.8, 4) is 0 Å². The lowest BCUT2D eigenvalue weighted by Gasteiger charge is -2.19. The largest absolute Gasteiger partial charge is 0.332 e. The van der Waals surface area contributed by atoms with Gasteiger partial charge in [0.05, 0.1) is 5.69 Å². The Labute approximate surface area is 110 Å². The van der Waals surface area contributed by atoms with Gasteiger partial charge in [-0.2, -0.15) is 0 Å². The number of fused-ring (bicyclic) bond motifs is 1. The molecule has 1 aromatic rings. The third-order valence-electron chi connectivity index (χ3n) is 4.25. The molecule has 1 atom stereocenters. The Balaban J connectivity index is 1.65. The van der Waals surface area contributed by atoms with Crippen molar-refractivity contribution in [2.24, 2.45) is 5.92 Å². The summed E-state index contributed by atoms with van der Waals surface area (Å²) in [6.07, 6.45) is 7.85. The number of hydrogen-bond donors (Lipinski definition) is 1. The minimum absolute atomic E-state index is 0.699. The number of aryl methyl sites for hydroxylation is 2. The van der Waals surface area contributed by atoms with E-state index in [0.717, 1.165) is 19.1 Å². The van der Waals surface area contributed by atoms with Crippen LogP contribution >= 0.6 is 0 Å². The second-order valence-electron chi connectivity index (χ2n) is 6.16. The maximum Gasteiger partial charge on any atom is 0.106 e. The monoisotopic (exact) mass is 247 g/mol. The quantitative estimate of drug-likeness (QED) is 0.866. The van der Waals surface area contributed by atoms with Crippen molar-refractivity contribution in [1.82, 2.24) is 14.9 Å². The average molecular weight is 247 g/mol. The first-order valence-electron chi connectivity index (χ1n) is 7.52. The second kappa shape index (κ2) is 5.04. The lowest BCUT2D eigenvalue weighted by atomic mass is 10.0. The van der Waals surface area contributed by atoms with E-state index in [1.165, 1.54) is 55.7 Å².